The van der Waals surface area contributed by atoms with Gasteiger partial charge in [0.2, 0.25) is 5.91 Å². The number of carbonyl (C=O) groups is 1. The lowest BCUT2D eigenvalue weighted by atomic mass is 10.0. The van der Waals surface area contributed by atoms with Crippen molar-refractivity contribution in [1.82, 2.24) is 10.2 Å². The van der Waals surface area contributed by atoms with Crippen LogP contribution in [0.2, 0.25) is 0 Å². The van der Waals surface area contributed by atoms with E-state index in [1.165, 1.54) is 0 Å². The van der Waals surface area contributed by atoms with Gasteiger partial charge in [-0.15, -0.1) is 0 Å². The molecular weight excluding hydrogens is 242 g/mol. The maximum absolute atomic E-state index is 11.8. The summed E-state index contributed by atoms with van der Waals surface area (Å²) in [4.78, 5) is 13.9. The number of carbonyl (C=O) groups excluding carboxylic acids is 1. The van der Waals surface area contributed by atoms with Gasteiger partial charge >= 0.3 is 0 Å². The Morgan fingerprint density at radius 1 is 1.37 bits per heavy atom. The molecule has 2 atom stereocenters. The molecule has 0 radical (unpaired) electrons. The van der Waals surface area contributed by atoms with Gasteiger partial charge in [-0.25, -0.2) is 0 Å². The average molecular weight is 273 g/mol. The molecule has 0 aromatic heterocycles. The number of nitrogens with zero attached hydrogens (tertiary/aromatic N) is 1. The van der Waals surface area contributed by atoms with Crippen molar-refractivity contribution >= 4 is 5.91 Å². The molecule has 0 spiro atoms. The van der Waals surface area contributed by atoms with Crippen LogP contribution in [0.1, 0.15) is 33.6 Å². The molecule has 0 aliphatic carbocycles. The second-order valence-corrected chi connectivity index (χ2v) is 5.65. The number of nitrogens with one attached hydrogen (secondary N) is 1. The molecule has 1 amide bonds. The Bertz CT molecular complexity index is 245. The van der Waals surface area contributed by atoms with E-state index >= 15 is 0 Å². The van der Waals surface area contributed by atoms with E-state index in [-0.39, 0.29) is 12.0 Å². The van der Waals surface area contributed by atoms with Crippen LogP contribution in [0.25, 0.3) is 0 Å². The van der Waals surface area contributed by atoms with E-state index in [1.807, 2.05) is 21.0 Å². The first kappa shape index (κ1) is 18.4. The minimum atomic E-state index is -0.420. The average Bonchev–Trinajstić information content (AvgIpc) is 2.31. The Morgan fingerprint density at radius 3 is 2.47 bits per heavy atom. The molecule has 0 aromatic carbocycles. The van der Waals surface area contributed by atoms with Crippen LogP contribution in [0.4, 0.5) is 0 Å². The van der Waals surface area contributed by atoms with Crippen molar-refractivity contribution in [3.63, 3.8) is 0 Å². The van der Waals surface area contributed by atoms with Crippen molar-refractivity contribution < 1.29 is 9.53 Å². The third-order valence-electron chi connectivity index (χ3n) is 2.87. The maximum Gasteiger partial charge on any atom is 0.237 e. The second kappa shape index (κ2) is 10.2. The van der Waals surface area contributed by atoms with Crippen LogP contribution in [0.3, 0.4) is 0 Å². The lowest BCUT2D eigenvalue weighted by Gasteiger charge is -2.21. The standard InChI is InChI=1S/C14H31N3O2/c1-6-19-12(7-8-17(4)5)10-16-14(18)13(15)9-11(2)3/h11-13H,6-10,15H2,1-5H3,(H,16,18)/t12?,13-/m0/s1. The van der Waals surface area contributed by atoms with Gasteiger partial charge in [-0.1, -0.05) is 13.8 Å². The summed E-state index contributed by atoms with van der Waals surface area (Å²) in [5.74, 6) is 0.348. The highest BCUT2D eigenvalue weighted by atomic mass is 16.5. The molecule has 0 saturated heterocycles. The smallest absolute Gasteiger partial charge is 0.237 e. The Labute approximate surface area is 117 Å². The SMILES string of the molecule is CCOC(CCN(C)C)CNC(=O)[C@@H](N)CC(C)C. The Kier molecular flexibility index (Phi) is 9.83. The first-order valence-electron chi connectivity index (χ1n) is 7.16. The summed E-state index contributed by atoms with van der Waals surface area (Å²) in [6.07, 6.45) is 1.67. The van der Waals surface area contributed by atoms with E-state index in [1.54, 1.807) is 0 Å². The van der Waals surface area contributed by atoms with Gasteiger partial charge in [-0.05, 0) is 39.8 Å². The number of hydrogen-bond acceptors (Lipinski definition) is 4. The summed E-state index contributed by atoms with van der Waals surface area (Å²) in [7, 11) is 4.06. The fourth-order valence-electron chi connectivity index (χ4n) is 1.84. The lowest BCUT2D eigenvalue weighted by molar-refractivity contribution is -0.123. The van der Waals surface area contributed by atoms with E-state index < -0.39 is 6.04 Å². The van der Waals surface area contributed by atoms with E-state index in [0.717, 1.165) is 13.0 Å². The molecule has 0 aliphatic heterocycles. The highest BCUT2D eigenvalue weighted by Crippen LogP contribution is 2.03. The first-order chi connectivity index (χ1) is 8.86. The molecule has 0 saturated carbocycles. The van der Waals surface area contributed by atoms with E-state index in [4.69, 9.17) is 10.5 Å². The molecule has 5 heteroatoms. The van der Waals surface area contributed by atoms with Gasteiger partial charge in [-0.2, -0.15) is 0 Å². The van der Waals surface area contributed by atoms with Crippen LogP contribution >= 0.6 is 0 Å². The molecule has 0 aromatic rings. The largest absolute Gasteiger partial charge is 0.377 e. The number of hydrogen-bond donors (Lipinski definition) is 2. The Morgan fingerprint density at radius 2 is 2.00 bits per heavy atom. The zero-order chi connectivity index (χ0) is 14.8. The molecule has 0 fully saturated rings. The van der Waals surface area contributed by atoms with Crippen LogP contribution in [0.15, 0.2) is 0 Å². The molecule has 5 nitrogen and oxygen atoms in total. The Hall–Kier alpha value is -0.650. The molecule has 0 heterocycles. The minimum absolute atomic E-state index is 0.0580. The highest BCUT2D eigenvalue weighted by Gasteiger charge is 2.17. The van der Waals surface area contributed by atoms with Crippen molar-refractivity contribution in [2.45, 2.75) is 45.8 Å². The normalized spacial score (nSPS) is 14.7. The predicted molar refractivity (Wildman–Crippen MR) is 79.0 cm³/mol. The van der Waals surface area contributed by atoms with Crippen LogP contribution in [0, 0.1) is 5.92 Å². The van der Waals surface area contributed by atoms with Gasteiger partial charge in [0.25, 0.3) is 0 Å². The van der Waals surface area contributed by atoms with Gasteiger partial charge in [0.1, 0.15) is 0 Å². The first-order valence-corrected chi connectivity index (χ1v) is 7.16. The number of amides is 1. The molecule has 1 unspecified atom stereocenters. The van der Waals surface area contributed by atoms with Crippen LogP contribution in [-0.4, -0.2) is 56.7 Å². The summed E-state index contributed by atoms with van der Waals surface area (Å²) in [6.45, 7) is 8.23. The molecule has 0 rings (SSSR count). The van der Waals surface area contributed by atoms with Crippen LogP contribution in [-0.2, 0) is 9.53 Å². The van der Waals surface area contributed by atoms with E-state index in [9.17, 15) is 4.79 Å². The predicted octanol–water partition coefficient (Wildman–Crippen LogP) is 0.833. The van der Waals surface area contributed by atoms with Crippen molar-refractivity contribution in [3.8, 4) is 0 Å². The second-order valence-electron chi connectivity index (χ2n) is 5.65. The van der Waals surface area contributed by atoms with E-state index in [0.29, 0.717) is 25.5 Å². The van der Waals surface area contributed by atoms with Gasteiger partial charge < -0.3 is 20.7 Å². The third-order valence-corrected chi connectivity index (χ3v) is 2.87. The lowest BCUT2D eigenvalue weighted by Crippen LogP contribution is -2.44. The van der Waals surface area contributed by atoms with Gasteiger partial charge in [0.15, 0.2) is 0 Å². The summed E-state index contributed by atoms with van der Waals surface area (Å²) < 4.78 is 5.62. The molecule has 114 valence electrons. The summed E-state index contributed by atoms with van der Waals surface area (Å²) in [6, 6.07) is -0.420. The van der Waals surface area contributed by atoms with Crippen LogP contribution in [0.5, 0.6) is 0 Å². The maximum atomic E-state index is 11.8. The zero-order valence-corrected chi connectivity index (χ0v) is 13.1. The number of ether oxygens (including phenoxy) is 1. The molecule has 3 N–H and O–H groups in total. The summed E-state index contributed by atoms with van der Waals surface area (Å²) in [5, 5.41) is 2.89. The summed E-state index contributed by atoms with van der Waals surface area (Å²) >= 11 is 0. The molecular formula is C14H31N3O2. The number of nitrogens with two attached hydrogens (primary N) is 1. The van der Waals surface area contributed by atoms with Gasteiger partial charge in [0, 0.05) is 19.7 Å². The molecule has 19 heavy (non-hydrogen) atoms. The van der Waals surface area contributed by atoms with E-state index in [2.05, 4.69) is 24.1 Å². The fourth-order valence-corrected chi connectivity index (χ4v) is 1.84. The van der Waals surface area contributed by atoms with Crippen LogP contribution < -0.4 is 11.1 Å². The Balaban J connectivity index is 4.04. The quantitative estimate of drug-likeness (QED) is 0.619. The van der Waals surface area contributed by atoms with Crippen molar-refractivity contribution in [2.75, 3.05) is 33.8 Å². The van der Waals surface area contributed by atoms with Gasteiger partial charge in [-0.3, -0.25) is 4.79 Å². The third kappa shape index (κ3) is 9.87. The van der Waals surface area contributed by atoms with Crippen molar-refractivity contribution in [2.24, 2.45) is 11.7 Å². The topological polar surface area (TPSA) is 67.6 Å². The summed E-state index contributed by atoms with van der Waals surface area (Å²) in [5.41, 5.74) is 5.84. The van der Waals surface area contributed by atoms with Crippen molar-refractivity contribution in [1.29, 1.82) is 0 Å². The van der Waals surface area contributed by atoms with Crippen molar-refractivity contribution in [3.05, 3.63) is 0 Å². The highest BCUT2D eigenvalue weighted by molar-refractivity contribution is 5.81. The molecule has 0 bridgehead atoms. The van der Waals surface area contributed by atoms with Gasteiger partial charge in [0.05, 0.1) is 12.1 Å². The fraction of sp³-hybridized carbons (Fsp3) is 0.929. The minimum Gasteiger partial charge on any atom is -0.377 e. The monoisotopic (exact) mass is 273 g/mol. The molecule has 0 aliphatic rings. The zero-order valence-electron chi connectivity index (χ0n) is 13.1. The number of rotatable bonds is 10.